The minimum absolute atomic E-state index is 0.0727. The highest BCUT2D eigenvalue weighted by Gasteiger charge is 2.18. The maximum absolute atomic E-state index is 11.6. The van der Waals surface area contributed by atoms with Crippen molar-refractivity contribution in [3.05, 3.63) is 75.3 Å². The average Bonchev–Trinajstić information content (AvgIpc) is 2.71. The Kier molecular flexibility index (Phi) is 6.86. The molecule has 0 radical (unpaired) electrons. The highest BCUT2D eigenvalue weighted by Crippen LogP contribution is 2.30. The van der Waals surface area contributed by atoms with Crippen LogP contribution in [0.3, 0.4) is 0 Å². The number of rotatable bonds is 7. The molecule has 2 rings (SSSR count). The molecule has 2 aromatic rings. The summed E-state index contributed by atoms with van der Waals surface area (Å²) in [6.07, 6.45) is 2.66. The number of hydrogen-bond acceptors (Lipinski definition) is 6. The Hall–Kier alpha value is -3.68. The summed E-state index contributed by atoms with van der Waals surface area (Å²) in [5.41, 5.74) is 2.33. The van der Waals surface area contributed by atoms with Crippen molar-refractivity contribution in [2.24, 2.45) is 0 Å². The summed E-state index contributed by atoms with van der Waals surface area (Å²) in [5.74, 6) is -0.713. The van der Waals surface area contributed by atoms with E-state index in [2.05, 4.69) is 10.1 Å². The molecule has 0 aliphatic carbocycles. The van der Waals surface area contributed by atoms with Crippen LogP contribution in [-0.4, -0.2) is 38.0 Å². The third-order valence-electron chi connectivity index (χ3n) is 4.08. The van der Waals surface area contributed by atoms with Crippen LogP contribution in [0.1, 0.15) is 21.5 Å². The van der Waals surface area contributed by atoms with Gasteiger partial charge in [-0.1, -0.05) is 18.2 Å². The molecule has 0 bridgehead atoms. The number of ether oxygens (including phenoxy) is 1. The molecule has 0 spiro atoms. The molecule has 8 nitrogen and oxygen atoms in total. The van der Waals surface area contributed by atoms with Gasteiger partial charge in [0.05, 0.1) is 12.0 Å². The van der Waals surface area contributed by atoms with Crippen LogP contribution in [0.4, 0.5) is 11.4 Å². The van der Waals surface area contributed by atoms with Crippen LogP contribution in [0.5, 0.6) is 0 Å². The first-order valence-electron chi connectivity index (χ1n) is 8.42. The number of nitrogens with one attached hydrogen (secondary N) is 1. The molecule has 0 heterocycles. The van der Waals surface area contributed by atoms with E-state index in [0.29, 0.717) is 23.4 Å². The lowest BCUT2D eigenvalue weighted by Crippen LogP contribution is -2.19. The van der Waals surface area contributed by atoms with Gasteiger partial charge in [-0.2, -0.15) is 0 Å². The van der Waals surface area contributed by atoms with Gasteiger partial charge in [-0.3, -0.25) is 14.9 Å². The number of nitro groups is 1. The topological polar surface area (TPSA) is 102 Å². The average molecular weight is 383 g/mol. The summed E-state index contributed by atoms with van der Waals surface area (Å²) < 4.78 is 4.52. The van der Waals surface area contributed by atoms with Gasteiger partial charge in [0.15, 0.2) is 0 Å². The van der Waals surface area contributed by atoms with Crippen LogP contribution >= 0.6 is 0 Å². The maximum atomic E-state index is 11.6. The molecular formula is C20H21N3O5. The largest absolute Gasteiger partial charge is 0.466 e. The van der Waals surface area contributed by atoms with E-state index in [1.54, 1.807) is 55.4 Å². The van der Waals surface area contributed by atoms with Crippen molar-refractivity contribution in [2.75, 3.05) is 26.1 Å². The quantitative estimate of drug-likeness (QED) is 0.341. The molecule has 0 aromatic heterocycles. The van der Waals surface area contributed by atoms with Gasteiger partial charge >= 0.3 is 5.97 Å². The lowest BCUT2D eigenvalue weighted by molar-refractivity contribution is -0.384. The van der Waals surface area contributed by atoms with Crippen molar-refractivity contribution in [3.8, 4) is 0 Å². The Morgan fingerprint density at radius 1 is 1.21 bits per heavy atom. The maximum Gasteiger partial charge on any atom is 0.330 e. The number of carbonyl (C=O) groups excluding carboxylic acids is 2. The molecule has 1 N–H and O–H groups in total. The predicted molar refractivity (Wildman–Crippen MR) is 106 cm³/mol. The van der Waals surface area contributed by atoms with Crippen molar-refractivity contribution < 1.29 is 19.2 Å². The fourth-order valence-corrected chi connectivity index (χ4v) is 2.61. The van der Waals surface area contributed by atoms with Crippen molar-refractivity contribution in [2.45, 2.75) is 6.54 Å². The van der Waals surface area contributed by atoms with Gasteiger partial charge in [0, 0.05) is 38.3 Å². The fraction of sp³-hybridized carbons (Fsp3) is 0.200. The Morgan fingerprint density at radius 2 is 1.89 bits per heavy atom. The number of nitro benzene ring substituents is 1. The lowest BCUT2D eigenvalue weighted by atomic mass is 10.1. The van der Waals surface area contributed by atoms with E-state index in [9.17, 15) is 19.7 Å². The zero-order valence-corrected chi connectivity index (χ0v) is 15.8. The van der Waals surface area contributed by atoms with Gasteiger partial charge in [-0.05, 0) is 35.4 Å². The van der Waals surface area contributed by atoms with Gasteiger partial charge in [0.1, 0.15) is 5.69 Å². The Balaban J connectivity index is 2.23. The summed E-state index contributed by atoms with van der Waals surface area (Å²) in [7, 11) is 4.57. The molecule has 0 unspecified atom stereocenters. The van der Waals surface area contributed by atoms with Gasteiger partial charge in [0.25, 0.3) is 11.6 Å². The molecule has 0 atom stereocenters. The highest BCUT2D eigenvalue weighted by molar-refractivity contribution is 5.94. The van der Waals surface area contributed by atoms with Gasteiger partial charge in [0.2, 0.25) is 0 Å². The van der Waals surface area contributed by atoms with Crippen LogP contribution < -0.4 is 10.2 Å². The first-order chi connectivity index (χ1) is 13.3. The zero-order chi connectivity index (χ0) is 20.7. The number of esters is 1. The van der Waals surface area contributed by atoms with Crippen LogP contribution in [0, 0.1) is 10.1 Å². The molecular weight excluding hydrogens is 362 g/mol. The molecule has 146 valence electrons. The normalized spacial score (nSPS) is 10.5. The van der Waals surface area contributed by atoms with Crippen molar-refractivity contribution in [1.82, 2.24) is 5.32 Å². The summed E-state index contributed by atoms with van der Waals surface area (Å²) >= 11 is 0. The van der Waals surface area contributed by atoms with Crippen LogP contribution in [0.15, 0.2) is 48.5 Å². The summed E-state index contributed by atoms with van der Waals surface area (Å²) in [5, 5.41) is 14.1. The van der Waals surface area contributed by atoms with E-state index < -0.39 is 10.9 Å². The molecule has 2 aromatic carbocycles. The highest BCUT2D eigenvalue weighted by atomic mass is 16.6. The number of nitrogens with zero attached hydrogens (tertiary/aromatic N) is 2. The summed E-state index contributed by atoms with van der Waals surface area (Å²) in [6, 6.07) is 11.7. The van der Waals surface area contributed by atoms with Crippen LogP contribution in [0.2, 0.25) is 0 Å². The Labute approximate surface area is 162 Å². The number of benzene rings is 2. The van der Waals surface area contributed by atoms with E-state index in [0.717, 1.165) is 5.56 Å². The first kappa shape index (κ1) is 20.6. The molecule has 0 aliphatic rings. The van der Waals surface area contributed by atoms with E-state index in [4.69, 9.17) is 0 Å². The van der Waals surface area contributed by atoms with Crippen molar-refractivity contribution in [3.63, 3.8) is 0 Å². The molecule has 1 amide bonds. The summed E-state index contributed by atoms with van der Waals surface area (Å²) in [6.45, 7) is 0.423. The molecule has 8 heteroatoms. The van der Waals surface area contributed by atoms with Gasteiger partial charge < -0.3 is 15.0 Å². The Bertz CT molecular complexity index is 907. The molecule has 0 saturated carbocycles. The third-order valence-corrected chi connectivity index (χ3v) is 4.08. The second-order valence-corrected chi connectivity index (χ2v) is 5.99. The van der Waals surface area contributed by atoms with E-state index in [1.807, 2.05) is 0 Å². The van der Waals surface area contributed by atoms with Crippen LogP contribution in [-0.2, 0) is 16.1 Å². The molecule has 0 fully saturated rings. The molecule has 0 saturated heterocycles. The summed E-state index contributed by atoms with van der Waals surface area (Å²) in [4.78, 5) is 35.6. The SMILES string of the molecule is CNC(=O)c1ccc(CN(C)c2ccc(/C=C/C(=O)OC)cc2[N+](=O)[O-])cc1. The zero-order valence-electron chi connectivity index (χ0n) is 15.8. The monoisotopic (exact) mass is 383 g/mol. The number of hydrogen-bond donors (Lipinski definition) is 1. The van der Waals surface area contributed by atoms with Crippen molar-refractivity contribution in [1.29, 1.82) is 0 Å². The third kappa shape index (κ3) is 5.16. The van der Waals surface area contributed by atoms with Crippen molar-refractivity contribution >= 4 is 29.3 Å². The van der Waals surface area contributed by atoms with Gasteiger partial charge in [-0.15, -0.1) is 0 Å². The predicted octanol–water partition coefficient (Wildman–Crippen LogP) is 2.78. The second kappa shape index (κ2) is 9.31. The number of amides is 1. The molecule has 0 aliphatic heterocycles. The Morgan fingerprint density at radius 3 is 2.46 bits per heavy atom. The van der Waals surface area contributed by atoms with Crippen LogP contribution in [0.25, 0.3) is 6.08 Å². The van der Waals surface area contributed by atoms with E-state index >= 15 is 0 Å². The minimum atomic E-state index is -0.538. The van der Waals surface area contributed by atoms with E-state index in [-0.39, 0.29) is 11.6 Å². The standard InChI is InChI=1S/C20H21N3O5/c1-21-20(25)16-8-4-15(5-9-16)13-22(2)17-10-6-14(7-11-19(24)28-3)12-18(17)23(26)27/h4-12H,13H2,1-3H3,(H,21,25)/b11-7+. The smallest absolute Gasteiger partial charge is 0.330 e. The fourth-order valence-electron chi connectivity index (χ4n) is 2.61. The van der Waals surface area contributed by atoms with Gasteiger partial charge in [-0.25, -0.2) is 4.79 Å². The first-order valence-corrected chi connectivity index (χ1v) is 8.42. The number of anilines is 1. The minimum Gasteiger partial charge on any atom is -0.466 e. The lowest BCUT2D eigenvalue weighted by Gasteiger charge is -2.19. The number of carbonyl (C=O) groups is 2. The molecule has 28 heavy (non-hydrogen) atoms. The second-order valence-electron chi connectivity index (χ2n) is 5.99. The number of methoxy groups -OCH3 is 1. The van der Waals surface area contributed by atoms with E-state index in [1.165, 1.54) is 25.3 Å².